The van der Waals surface area contributed by atoms with E-state index in [1.54, 1.807) is 12.4 Å². The van der Waals surface area contributed by atoms with Gasteiger partial charge in [-0.3, -0.25) is 4.79 Å². The Kier molecular flexibility index (Phi) is 3.87. The fraction of sp³-hybridized carbons (Fsp3) is 0.167. The van der Waals surface area contributed by atoms with Crippen molar-refractivity contribution in [2.75, 3.05) is 6.54 Å². The molecular formula is C12H12N4O3. The number of amides is 1. The maximum Gasteiger partial charge on any atom is 0.354 e. The molecule has 0 unspecified atom stereocenters. The summed E-state index contributed by atoms with van der Waals surface area (Å²) in [5.41, 5.74) is 0.233. The van der Waals surface area contributed by atoms with Crippen molar-refractivity contribution in [3.63, 3.8) is 0 Å². The molecule has 0 saturated heterocycles. The van der Waals surface area contributed by atoms with Crippen LogP contribution in [0, 0.1) is 0 Å². The Labute approximate surface area is 108 Å². The number of carbonyl (C=O) groups excluding carboxylic acids is 1. The van der Waals surface area contributed by atoms with Crippen LogP contribution in [0.2, 0.25) is 0 Å². The van der Waals surface area contributed by atoms with Crippen LogP contribution in [0.15, 0.2) is 30.7 Å². The van der Waals surface area contributed by atoms with Crippen molar-refractivity contribution < 1.29 is 14.7 Å². The van der Waals surface area contributed by atoms with Gasteiger partial charge < -0.3 is 15.4 Å². The number of nitrogens with zero attached hydrogens (tertiary/aromatic N) is 2. The van der Waals surface area contributed by atoms with Gasteiger partial charge >= 0.3 is 5.97 Å². The summed E-state index contributed by atoms with van der Waals surface area (Å²) >= 11 is 0. The highest BCUT2D eigenvalue weighted by Crippen LogP contribution is 2.00. The normalized spacial score (nSPS) is 10.1. The van der Waals surface area contributed by atoms with Gasteiger partial charge in [0.1, 0.15) is 11.5 Å². The summed E-state index contributed by atoms with van der Waals surface area (Å²) in [5, 5.41) is 11.4. The number of aromatic carboxylic acids is 1. The zero-order valence-corrected chi connectivity index (χ0v) is 9.96. The average molecular weight is 260 g/mol. The quantitative estimate of drug-likeness (QED) is 0.724. The number of hydrogen-bond acceptors (Lipinski definition) is 4. The molecule has 7 heteroatoms. The highest BCUT2D eigenvalue weighted by atomic mass is 16.4. The van der Waals surface area contributed by atoms with Crippen LogP contribution >= 0.6 is 0 Å². The van der Waals surface area contributed by atoms with Gasteiger partial charge in [-0.25, -0.2) is 14.8 Å². The number of H-pyrrole nitrogens is 1. The van der Waals surface area contributed by atoms with E-state index in [2.05, 4.69) is 20.3 Å². The van der Waals surface area contributed by atoms with Gasteiger partial charge in [-0.15, -0.1) is 0 Å². The Balaban J connectivity index is 1.87. The lowest BCUT2D eigenvalue weighted by atomic mass is 10.2. The molecule has 0 aliphatic rings. The molecule has 0 fully saturated rings. The summed E-state index contributed by atoms with van der Waals surface area (Å²) in [6.07, 6.45) is 5.20. The Morgan fingerprint density at radius 1 is 1.32 bits per heavy atom. The van der Waals surface area contributed by atoms with Crippen LogP contribution in [0.4, 0.5) is 0 Å². The zero-order chi connectivity index (χ0) is 13.7. The third-order valence-electron chi connectivity index (χ3n) is 2.45. The smallest absolute Gasteiger partial charge is 0.354 e. The molecule has 0 saturated carbocycles. The summed E-state index contributed by atoms with van der Waals surface area (Å²) in [4.78, 5) is 33.0. The number of rotatable bonds is 5. The minimum absolute atomic E-state index is 0.0906. The molecule has 0 aromatic carbocycles. The van der Waals surface area contributed by atoms with Crippen molar-refractivity contribution in [1.29, 1.82) is 0 Å². The lowest BCUT2D eigenvalue weighted by Gasteiger charge is -2.04. The second-order valence-electron chi connectivity index (χ2n) is 3.78. The molecule has 2 heterocycles. The number of aromatic nitrogens is 3. The molecule has 0 atom stereocenters. The molecule has 0 bridgehead atoms. The Bertz CT molecular complexity index is 563. The largest absolute Gasteiger partial charge is 0.477 e. The van der Waals surface area contributed by atoms with Gasteiger partial charge in [-0.05, 0) is 12.1 Å². The molecule has 0 aliphatic heterocycles. The summed E-state index contributed by atoms with van der Waals surface area (Å²) < 4.78 is 0. The van der Waals surface area contributed by atoms with E-state index < -0.39 is 5.97 Å². The SMILES string of the molecule is O=C(NCCc1ncc[nH]1)c1ccc(C(=O)O)nc1. The highest BCUT2D eigenvalue weighted by molar-refractivity contribution is 5.94. The second-order valence-corrected chi connectivity index (χ2v) is 3.78. The number of hydrogen-bond donors (Lipinski definition) is 3. The summed E-state index contributed by atoms with van der Waals surface area (Å²) in [7, 11) is 0. The van der Waals surface area contributed by atoms with Gasteiger partial charge in [-0.1, -0.05) is 0 Å². The Morgan fingerprint density at radius 2 is 2.16 bits per heavy atom. The molecule has 1 amide bonds. The number of carbonyl (C=O) groups is 2. The lowest BCUT2D eigenvalue weighted by Crippen LogP contribution is -2.26. The number of pyridine rings is 1. The second kappa shape index (κ2) is 5.76. The van der Waals surface area contributed by atoms with Crippen LogP contribution in [0.25, 0.3) is 0 Å². The summed E-state index contributed by atoms with van der Waals surface area (Å²) in [5.74, 6) is -0.625. The maximum atomic E-state index is 11.7. The van der Waals surface area contributed by atoms with Crippen LogP contribution < -0.4 is 5.32 Å². The van der Waals surface area contributed by atoms with Crippen LogP contribution in [0.1, 0.15) is 26.7 Å². The van der Waals surface area contributed by atoms with Gasteiger partial charge in [0.15, 0.2) is 0 Å². The molecule has 0 spiro atoms. The van der Waals surface area contributed by atoms with Gasteiger partial charge in [-0.2, -0.15) is 0 Å². The first-order valence-corrected chi connectivity index (χ1v) is 5.62. The summed E-state index contributed by atoms with van der Waals surface area (Å²) in [6.45, 7) is 0.438. The standard InChI is InChI=1S/C12H12N4O3/c17-11(15-4-3-10-13-5-6-14-10)8-1-2-9(12(18)19)16-7-8/h1-2,5-7H,3-4H2,(H,13,14)(H,15,17)(H,18,19). The number of aromatic amines is 1. The predicted octanol–water partition coefficient (Wildman–Crippen LogP) is 0.475. The van der Waals surface area contributed by atoms with Crippen LogP contribution in [0.3, 0.4) is 0 Å². The zero-order valence-electron chi connectivity index (χ0n) is 9.96. The molecule has 98 valence electrons. The summed E-state index contributed by atoms with van der Waals surface area (Å²) in [6, 6.07) is 2.72. The molecule has 7 nitrogen and oxygen atoms in total. The molecule has 0 radical (unpaired) electrons. The number of nitrogens with one attached hydrogen (secondary N) is 2. The first kappa shape index (κ1) is 12.7. The Morgan fingerprint density at radius 3 is 2.74 bits per heavy atom. The van der Waals surface area contributed by atoms with Gasteiger partial charge in [0, 0.05) is 31.6 Å². The first-order valence-electron chi connectivity index (χ1n) is 5.62. The van der Waals surface area contributed by atoms with E-state index >= 15 is 0 Å². The van der Waals surface area contributed by atoms with Crippen molar-refractivity contribution in [2.24, 2.45) is 0 Å². The monoisotopic (exact) mass is 260 g/mol. The van der Waals surface area contributed by atoms with Crippen molar-refractivity contribution in [3.8, 4) is 0 Å². The Hall–Kier alpha value is -2.70. The molecule has 0 aliphatic carbocycles. The van der Waals surface area contributed by atoms with Crippen LogP contribution in [-0.2, 0) is 6.42 Å². The molecule has 19 heavy (non-hydrogen) atoms. The third kappa shape index (κ3) is 3.38. The number of carboxylic acids is 1. The lowest BCUT2D eigenvalue weighted by molar-refractivity contribution is 0.0689. The van der Waals surface area contributed by atoms with E-state index in [0.717, 1.165) is 5.82 Å². The van der Waals surface area contributed by atoms with Gasteiger partial charge in [0.25, 0.3) is 5.91 Å². The number of imidazole rings is 1. The molecule has 2 aromatic rings. The molecule has 2 rings (SSSR count). The topological polar surface area (TPSA) is 108 Å². The highest BCUT2D eigenvalue weighted by Gasteiger charge is 2.08. The fourth-order valence-electron chi connectivity index (χ4n) is 1.49. The van der Waals surface area contributed by atoms with Crippen LogP contribution in [-0.4, -0.2) is 38.5 Å². The van der Waals surface area contributed by atoms with Gasteiger partial charge in [0.05, 0.1) is 5.56 Å². The third-order valence-corrected chi connectivity index (χ3v) is 2.45. The van der Waals surface area contributed by atoms with E-state index in [1.807, 2.05) is 0 Å². The molecule has 2 aromatic heterocycles. The molecular weight excluding hydrogens is 248 g/mol. The average Bonchev–Trinajstić information content (AvgIpc) is 2.92. The fourth-order valence-corrected chi connectivity index (χ4v) is 1.49. The number of carboxylic acid groups (broad SMARTS) is 1. The maximum absolute atomic E-state index is 11.7. The minimum atomic E-state index is -1.12. The van der Waals surface area contributed by atoms with E-state index in [4.69, 9.17) is 5.11 Å². The van der Waals surface area contributed by atoms with E-state index in [1.165, 1.54) is 18.3 Å². The van der Waals surface area contributed by atoms with Crippen molar-refractivity contribution >= 4 is 11.9 Å². The van der Waals surface area contributed by atoms with E-state index in [0.29, 0.717) is 18.5 Å². The first-order chi connectivity index (χ1) is 9.16. The van der Waals surface area contributed by atoms with Crippen LogP contribution in [0.5, 0.6) is 0 Å². The minimum Gasteiger partial charge on any atom is -0.477 e. The van der Waals surface area contributed by atoms with Crippen molar-refractivity contribution in [1.82, 2.24) is 20.3 Å². The van der Waals surface area contributed by atoms with Crippen molar-refractivity contribution in [2.45, 2.75) is 6.42 Å². The van der Waals surface area contributed by atoms with E-state index in [-0.39, 0.29) is 11.6 Å². The van der Waals surface area contributed by atoms with E-state index in [9.17, 15) is 9.59 Å². The van der Waals surface area contributed by atoms with Gasteiger partial charge in [0.2, 0.25) is 0 Å². The van der Waals surface area contributed by atoms with Crippen molar-refractivity contribution in [3.05, 3.63) is 47.8 Å². The molecule has 3 N–H and O–H groups in total. The predicted molar refractivity (Wildman–Crippen MR) is 65.8 cm³/mol.